The van der Waals surface area contributed by atoms with Crippen LogP contribution >= 0.6 is 0 Å². The standard InChI is InChI=1S/C13H27N3O2/c1-13(2,3)18-12(17)15-9-11-7-6-8-16(5,10-11)14-4/h11,14H,6-10H2,1-5H3/p+1. The fraction of sp³-hybridized carbons (Fsp3) is 0.923. The largest absolute Gasteiger partial charge is 0.444 e. The van der Waals surface area contributed by atoms with E-state index in [0.717, 1.165) is 17.7 Å². The highest BCUT2D eigenvalue weighted by atomic mass is 16.6. The topological polar surface area (TPSA) is 50.4 Å². The van der Waals surface area contributed by atoms with Gasteiger partial charge in [0.2, 0.25) is 0 Å². The van der Waals surface area contributed by atoms with Crippen LogP contribution in [0, 0.1) is 5.92 Å². The van der Waals surface area contributed by atoms with Crippen LogP contribution in [0.1, 0.15) is 33.6 Å². The third kappa shape index (κ3) is 5.23. The quantitative estimate of drug-likeness (QED) is 0.754. The molecule has 2 atom stereocenters. The van der Waals surface area contributed by atoms with E-state index < -0.39 is 5.60 Å². The summed E-state index contributed by atoms with van der Waals surface area (Å²) in [4.78, 5) is 11.6. The summed E-state index contributed by atoms with van der Waals surface area (Å²) in [6.07, 6.45) is 2.05. The first kappa shape index (κ1) is 15.2. The Kier molecular flexibility index (Phi) is 4.99. The van der Waals surface area contributed by atoms with Gasteiger partial charge in [-0.15, -0.1) is 0 Å². The fourth-order valence-electron chi connectivity index (χ4n) is 2.39. The van der Waals surface area contributed by atoms with Gasteiger partial charge in [0.25, 0.3) is 0 Å². The van der Waals surface area contributed by atoms with Crippen LogP contribution in [0.2, 0.25) is 0 Å². The van der Waals surface area contributed by atoms with Gasteiger partial charge < -0.3 is 10.1 Å². The molecular weight excluding hydrogens is 230 g/mol. The summed E-state index contributed by atoms with van der Waals surface area (Å²) in [5.74, 6) is 0.517. The zero-order valence-corrected chi connectivity index (χ0v) is 12.4. The Morgan fingerprint density at radius 3 is 2.67 bits per heavy atom. The van der Waals surface area contributed by atoms with E-state index in [0.29, 0.717) is 12.5 Å². The number of likely N-dealkylation sites (tertiary alicyclic amines) is 1. The summed E-state index contributed by atoms with van der Waals surface area (Å²) in [6, 6.07) is 0. The number of hydrogen-bond donors (Lipinski definition) is 2. The van der Waals surface area contributed by atoms with Crippen molar-refractivity contribution in [1.82, 2.24) is 10.7 Å². The molecule has 2 N–H and O–H groups in total. The van der Waals surface area contributed by atoms with Crippen molar-refractivity contribution in [3.63, 3.8) is 0 Å². The molecule has 1 saturated heterocycles. The van der Waals surface area contributed by atoms with Crippen molar-refractivity contribution >= 4 is 6.09 Å². The molecule has 0 bridgehead atoms. The first-order valence-electron chi connectivity index (χ1n) is 6.74. The van der Waals surface area contributed by atoms with Gasteiger partial charge in [0, 0.05) is 19.5 Å². The molecule has 106 valence electrons. The van der Waals surface area contributed by atoms with Gasteiger partial charge in [0.05, 0.1) is 13.6 Å². The summed E-state index contributed by atoms with van der Waals surface area (Å²) in [7, 11) is 4.18. The highest BCUT2D eigenvalue weighted by Gasteiger charge is 2.30. The summed E-state index contributed by atoms with van der Waals surface area (Å²) in [5.41, 5.74) is 2.91. The number of piperidine rings is 1. The summed E-state index contributed by atoms with van der Waals surface area (Å²) in [6.45, 7) is 8.53. The van der Waals surface area contributed by atoms with E-state index in [1.54, 1.807) is 0 Å². The van der Waals surface area contributed by atoms with Crippen LogP contribution in [-0.2, 0) is 4.74 Å². The van der Waals surface area contributed by atoms with E-state index >= 15 is 0 Å². The van der Waals surface area contributed by atoms with Gasteiger partial charge in [0.15, 0.2) is 0 Å². The molecule has 1 heterocycles. The maximum absolute atomic E-state index is 11.6. The second-order valence-electron chi connectivity index (χ2n) is 6.42. The number of nitrogens with zero attached hydrogens (tertiary/aromatic N) is 1. The Morgan fingerprint density at radius 1 is 1.44 bits per heavy atom. The minimum atomic E-state index is -0.424. The smallest absolute Gasteiger partial charge is 0.407 e. The highest BCUT2D eigenvalue weighted by molar-refractivity contribution is 5.67. The molecule has 2 unspecified atom stereocenters. The average molecular weight is 258 g/mol. The minimum Gasteiger partial charge on any atom is -0.444 e. The van der Waals surface area contributed by atoms with Crippen LogP contribution in [0.25, 0.3) is 0 Å². The zero-order valence-electron chi connectivity index (χ0n) is 12.4. The van der Waals surface area contributed by atoms with Crippen LogP contribution in [0.5, 0.6) is 0 Å². The number of amides is 1. The molecule has 1 aliphatic heterocycles. The third-order valence-corrected chi connectivity index (χ3v) is 3.40. The number of alkyl carbamates (subject to hydrolysis) is 1. The van der Waals surface area contributed by atoms with E-state index in [-0.39, 0.29) is 6.09 Å². The molecule has 0 aromatic heterocycles. The molecule has 0 aromatic carbocycles. The second kappa shape index (κ2) is 5.89. The molecule has 1 amide bonds. The number of hydrogen-bond acceptors (Lipinski definition) is 3. The number of ether oxygens (including phenoxy) is 1. The molecule has 0 radical (unpaired) electrons. The van der Waals surface area contributed by atoms with E-state index in [9.17, 15) is 4.79 Å². The molecule has 18 heavy (non-hydrogen) atoms. The predicted octanol–water partition coefficient (Wildman–Crippen LogP) is 1.50. The molecule has 0 aromatic rings. The third-order valence-electron chi connectivity index (χ3n) is 3.40. The first-order valence-corrected chi connectivity index (χ1v) is 6.74. The molecule has 0 saturated carbocycles. The predicted molar refractivity (Wildman–Crippen MR) is 71.9 cm³/mol. The molecule has 0 aliphatic carbocycles. The van der Waals surface area contributed by atoms with Crippen LogP contribution in [-0.4, -0.2) is 50.0 Å². The molecule has 1 fully saturated rings. The SMILES string of the molecule is CN[N+]1(C)CCCC(CNC(=O)OC(C)(C)C)C1. The maximum atomic E-state index is 11.6. The fourth-order valence-corrected chi connectivity index (χ4v) is 2.39. The van der Waals surface area contributed by atoms with Crippen LogP contribution in [0.3, 0.4) is 0 Å². The Labute approximate surface area is 110 Å². The van der Waals surface area contributed by atoms with Gasteiger partial charge in [-0.3, -0.25) is 0 Å². The molecular formula is C13H28N3O2+. The van der Waals surface area contributed by atoms with Crippen LogP contribution < -0.4 is 10.7 Å². The van der Waals surface area contributed by atoms with E-state index in [1.807, 2.05) is 27.8 Å². The van der Waals surface area contributed by atoms with Crippen molar-refractivity contribution in [2.24, 2.45) is 5.92 Å². The van der Waals surface area contributed by atoms with Crippen LogP contribution in [0.4, 0.5) is 4.79 Å². The molecule has 0 spiro atoms. The van der Waals surface area contributed by atoms with Gasteiger partial charge in [-0.05, 0) is 33.6 Å². The molecule has 1 rings (SSSR count). The molecule has 5 heteroatoms. The first-order chi connectivity index (χ1) is 8.24. The van der Waals surface area contributed by atoms with Gasteiger partial charge >= 0.3 is 6.09 Å². The Morgan fingerprint density at radius 2 is 2.11 bits per heavy atom. The maximum Gasteiger partial charge on any atom is 0.407 e. The minimum absolute atomic E-state index is 0.313. The summed E-state index contributed by atoms with van der Waals surface area (Å²) >= 11 is 0. The van der Waals surface area contributed by atoms with Gasteiger partial charge in [-0.1, -0.05) is 0 Å². The Balaban J connectivity index is 2.33. The van der Waals surface area contributed by atoms with Crippen molar-refractivity contribution in [2.45, 2.75) is 39.2 Å². The lowest BCUT2D eigenvalue weighted by Crippen LogP contribution is -2.59. The summed E-state index contributed by atoms with van der Waals surface area (Å²) < 4.78 is 6.11. The second-order valence-corrected chi connectivity index (χ2v) is 6.42. The van der Waals surface area contributed by atoms with Gasteiger partial charge in [-0.2, -0.15) is 5.43 Å². The zero-order chi connectivity index (χ0) is 13.8. The van der Waals surface area contributed by atoms with Crippen molar-refractivity contribution in [1.29, 1.82) is 0 Å². The Hall–Kier alpha value is -0.810. The lowest BCUT2D eigenvalue weighted by atomic mass is 9.98. The van der Waals surface area contributed by atoms with Gasteiger partial charge in [0.1, 0.15) is 12.1 Å². The summed E-state index contributed by atoms with van der Waals surface area (Å²) in [5, 5.41) is 2.87. The van der Waals surface area contributed by atoms with E-state index in [1.165, 1.54) is 12.8 Å². The number of nitrogens with one attached hydrogen (secondary N) is 2. The molecule has 1 aliphatic rings. The lowest BCUT2D eigenvalue weighted by Gasteiger charge is -2.39. The molecule has 5 nitrogen and oxygen atoms in total. The Bertz CT molecular complexity index is 288. The van der Waals surface area contributed by atoms with Crippen molar-refractivity contribution in [2.75, 3.05) is 33.7 Å². The van der Waals surface area contributed by atoms with Crippen molar-refractivity contribution in [3.8, 4) is 0 Å². The van der Waals surface area contributed by atoms with Crippen molar-refractivity contribution in [3.05, 3.63) is 0 Å². The number of carbonyl (C=O) groups is 1. The van der Waals surface area contributed by atoms with Gasteiger partial charge in [-0.25, -0.2) is 9.39 Å². The van der Waals surface area contributed by atoms with Crippen molar-refractivity contribution < 1.29 is 14.1 Å². The normalized spacial score (nSPS) is 28.8. The lowest BCUT2D eigenvalue weighted by molar-refractivity contribution is -0.957. The highest BCUT2D eigenvalue weighted by Crippen LogP contribution is 2.19. The van der Waals surface area contributed by atoms with Crippen LogP contribution in [0.15, 0.2) is 0 Å². The monoisotopic (exact) mass is 258 g/mol. The number of quaternary nitrogens is 1. The number of rotatable bonds is 3. The average Bonchev–Trinajstić information content (AvgIpc) is 2.24. The number of carbonyl (C=O) groups excluding carboxylic acids is 1. The van der Waals surface area contributed by atoms with E-state index in [4.69, 9.17) is 4.74 Å². The van der Waals surface area contributed by atoms with E-state index in [2.05, 4.69) is 17.8 Å².